The summed E-state index contributed by atoms with van der Waals surface area (Å²) in [4.78, 5) is 21.6. The van der Waals surface area contributed by atoms with Crippen molar-refractivity contribution >= 4 is 17.2 Å². The average molecular weight is 350 g/mol. The van der Waals surface area contributed by atoms with E-state index in [-0.39, 0.29) is 12.0 Å². The number of nitrogens with zero attached hydrogens (tertiary/aromatic N) is 3. The van der Waals surface area contributed by atoms with E-state index in [0.29, 0.717) is 12.5 Å². The van der Waals surface area contributed by atoms with Crippen LogP contribution in [0.15, 0.2) is 17.5 Å². The predicted molar refractivity (Wildman–Crippen MR) is 95.9 cm³/mol. The third kappa shape index (κ3) is 4.23. The monoisotopic (exact) mass is 349 g/mol. The van der Waals surface area contributed by atoms with Gasteiger partial charge in [0, 0.05) is 50.6 Å². The Kier molecular flexibility index (Phi) is 6.03. The lowest BCUT2D eigenvalue weighted by atomic mass is 10.1. The summed E-state index contributed by atoms with van der Waals surface area (Å²) in [5.74, 6) is 0.527. The van der Waals surface area contributed by atoms with E-state index < -0.39 is 0 Å². The molecule has 1 amide bonds. The number of hydrogen-bond donors (Lipinski definition) is 0. The van der Waals surface area contributed by atoms with E-state index in [1.807, 2.05) is 18.7 Å². The van der Waals surface area contributed by atoms with Crippen molar-refractivity contribution in [3.8, 4) is 0 Å². The number of amides is 1. The normalized spacial score (nSPS) is 20.7. The van der Waals surface area contributed by atoms with Gasteiger partial charge in [-0.05, 0) is 26.7 Å². The molecule has 2 aliphatic rings. The molecule has 132 valence electrons. The van der Waals surface area contributed by atoms with E-state index >= 15 is 0 Å². The summed E-state index contributed by atoms with van der Waals surface area (Å²) >= 11 is 1.67. The van der Waals surface area contributed by atoms with Crippen LogP contribution >= 0.6 is 11.3 Å². The van der Waals surface area contributed by atoms with Crippen molar-refractivity contribution < 1.29 is 9.53 Å². The fourth-order valence-corrected chi connectivity index (χ4v) is 4.15. The fourth-order valence-electron chi connectivity index (χ4n) is 3.34. The summed E-state index contributed by atoms with van der Waals surface area (Å²) < 4.78 is 5.61. The maximum absolute atomic E-state index is 12.4. The second kappa shape index (κ2) is 8.23. The lowest BCUT2D eigenvalue weighted by molar-refractivity contribution is -0.137. The van der Waals surface area contributed by atoms with Crippen molar-refractivity contribution in [3.05, 3.63) is 28.2 Å². The number of piperazine rings is 1. The molecule has 1 aromatic heterocycles. The minimum atomic E-state index is 0.0724. The van der Waals surface area contributed by atoms with Crippen LogP contribution in [0.1, 0.15) is 43.5 Å². The van der Waals surface area contributed by atoms with Crippen LogP contribution < -0.4 is 0 Å². The Bertz CT molecular complexity index is 571. The first-order valence-corrected chi connectivity index (χ1v) is 9.77. The molecule has 1 atom stereocenters. The Hall–Kier alpha value is -1.24. The molecule has 3 rings (SSSR count). The largest absolute Gasteiger partial charge is 0.372 e. The number of allylic oxidation sites excluding steroid dienone is 2. The molecule has 0 spiro atoms. The van der Waals surface area contributed by atoms with Crippen molar-refractivity contribution in [3.63, 3.8) is 0 Å². The Morgan fingerprint density at radius 3 is 2.71 bits per heavy atom. The van der Waals surface area contributed by atoms with Gasteiger partial charge in [-0.1, -0.05) is 12.2 Å². The number of hydrogen-bond acceptors (Lipinski definition) is 5. The van der Waals surface area contributed by atoms with Gasteiger partial charge in [-0.2, -0.15) is 0 Å². The first-order valence-electron chi connectivity index (χ1n) is 8.89. The minimum absolute atomic E-state index is 0.0724. The second-order valence-corrected chi connectivity index (χ2v) is 7.41. The summed E-state index contributed by atoms with van der Waals surface area (Å²) in [5, 5.41) is 3.18. The van der Waals surface area contributed by atoms with Gasteiger partial charge in [-0.15, -0.1) is 11.3 Å². The molecule has 5 nitrogen and oxygen atoms in total. The zero-order chi connectivity index (χ0) is 16.9. The van der Waals surface area contributed by atoms with E-state index in [9.17, 15) is 4.79 Å². The molecule has 1 aromatic rings. The van der Waals surface area contributed by atoms with Crippen molar-refractivity contribution in [2.75, 3.05) is 32.8 Å². The molecule has 6 heteroatoms. The summed E-state index contributed by atoms with van der Waals surface area (Å²) in [6, 6.07) is 0. The van der Waals surface area contributed by atoms with E-state index in [1.165, 1.54) is 0 Å². The number of rotatable bonds is 6. The Labute approximate surface area is 148 Å². The van der Waals surface area contributed by atoms with Gasteiger partial charge in [0.2, 0.25) is 5.91 Å². The van der Waals surface area contributed by atoms with E-state index in [4.69, 9.17) is 9.72 Å². The molecule has 0 aromatic carbocycles. The summed E-state index contributed by atoms with van der Waals surface area (Å²) in [5.41, 5.74) is 1.11. The molecule has 1 aliphatic heterocycles. The highest BCUT2D eigenvalue weighted by atomic mass is 32.1. The Balaban J connectivity index is 1.46. The molecule has 1 unspecified atom stereocenters. The Morgan fingerprint density at radius 2 is 2.04 bits per heavy atom. The maximum atomic E-state index is 12.4. The molecule has 2 heterocycles. The molecule has 0 radical (unpaired) electrons. The molecule has 1 fully saturated rings. The SMILES string of the molecule is CCOC(C)c1nc(CN2CCN(C(=O)C3CC=CC3)CC2)cs1. The van der Waals surface area contributed by atoms with Crippen LogP contribution in [0.4, 0.5) is 0 Å². The van der Waals surface area contributed by atoms with Gasteiger partial charge >= 0.3 is 0 Å². The van der Waals surface area contributed by atoms with Crippen LogP contribution in [0.2, 0.25) is 0 Å². The summed E-state index contributed by atoms with van der Waals surface area (Å²) in [7, 11) is 0. The molecule has 1 aliphatic carbocycles. The standard InChI is InChI=1S/C18H27N3O2S/c1-3-23-14(2)17-19-16(13-24-17)12-20-8-10-21(11-9-20)18(22)15-6-4-5-7-15/h4-5,13-15H,3,6-12H2,1-2H3. The first kappa shape index (κ1) is 17.6. The number of aromatic nitrogens is 1. The molecular weight excluding hydrogens is 322 g/mol. The highest BCUT2D eigenvalue weighted by molar-refractivity contribution is 7.09. The predicted octanol–water partition coefficient (Wildman–Crippen LogP) is 2.85. The van der Waals surface area contributed by atoms with E-state index in [2.05, 4.69) is 22.4 Å². The van der Waals surface area contributed by atoms with Crippen LogP contribution in [0.5, 0.6) is 0 Å². The Morgan fingerprint density at radius 1 is 1.33 bits per heavy atom. The van der Waals surface area contributed by atoms with Crippen molar-refractivity contribution in [2.24, 2.45) is 5.92 Å². The van der Waals surface area contributed by atoms with Crippen LogP contribution in [0.3, 0.4) is 0 Å². The lowest BCUT2D eigenvalue weighted by Gasteiger charge is -2.35. The summed E-state index contributed by atoms with van der Waals surface area (Å²) in [6.45, 7) is 9.16. The molecule has 0 N–H and O–H groups in total. The highest BCUT2D eigenvalue weighted by Gasteiger charge is 2.27. The van der Waals surface area contributed by atoms with Gasteiger partial charge in [0.25, 0.3) is 0 Å². The average Bonchev–Trinajstić information content (AvgIpc) is 3.27. The quantitative estimate of drug-likeness (QED) is 0.741. The van der Waals surface area contributed by atoms with E-state index in [1.54, 1.807) is 11.3 Å². The third-order valence-electron chi connectivity index (χ3n) is 4.76. The van der Waals surface area contributed by atoms with Crippen molar-refractivity contribution in [1.82, 2.24) is 14.8 Å². The highest BCUT2D eigenvalue weighted by Crippen LogP contribution is 2.23. The van der Waals surface area contributed by atoms with Gasteiger partial charge in [0.15, 0.2) is 0 Å². The van der Waals surface area contributed by atoms with Crippen LogP contribution in [0, 0.1) is 5.92 Å². The van der Waals surface area contributed by atoms with Crippen molar-refractivity contribution in [2.45, 2.75) is 39.3 Å². The molecule has 24 heavy (non-hydrogen) atoms. The van der Waals surface area contributed by atoms with Crippen LogP contribution in [0.25, 0.3) is 0 Å². The van der Waals surface area contributed by atoms with Gasteiger partial charge in [-0.25, -0.2) is 4.98 Å². The topological polar surface area (TPSA) is 45.7 Å². The van der Waals surface area contributed by atoms with Gasteiger partial charge in [-0.3, -0.25) is 9.69 Å². The van der Waals surface area contributed by atoms with Crippen LogP contribution in [-0.4, -0.2) is 53.5 Å². The zero-order valence-corrected chi connectivity index (χ0v) is 15.4. The molecule has 0 bridgehead atoms. The van der Waals surface area contributed by atoms with Crippen molar-refractivity contribution in [1.29, 1.82) is 0 Å². The summed E-state index contributed by atoms with van der Waals surface area (Å²) in [6.07, 6.45) is 6.16. The molecule has 0 saturated carbocycles. The van der Waals surface area contributed by atoms with Gasteiger partial charge < -0.3 is 9.64 Å². The maximum Gasteiger partial charge on any atom is 0.226 e. The number of carbonyl (C=O) groups is 1. The number of thiazole rings is 1. The fraction of sp³-hybridized carbons (Fsp3) is 0.667. The number of ether oxygens (including phenoxy) is 1. The van der Waals surface area contributed by atoms with Gasteiger partial charge in [0.1, 0.15) is 11.1 Å². The molecular formula is C18H27N3O2S. The number of carbonyl (C=O) groups excluding carboxylic acids is 1. The third-order valence-corrected chi connectivity index (χ3v) is 5.82. The lowest BCUT2D eigenvalue weighted by Crippen LogP contribution is -2.49. The minimum Gasteiger partial charge on any atom is -0.372 e. The first-order chi connectivity index (χ1) is 11.7. The van der Waals surface area contributed by atoms with Crippen LogP contribution in [-0.2, 0) is 16.1 Å². The zero-order valence-electron chi connectivity index (χ0n) is 14.6. The smallest absolute Gasteiger partial charge is 0.226 e. The second-order valence-electron chi connectivity index (χ2n) is 6.52. The van der Waals surface area contributed by atoms with E-state index in [0.717, 1.165) is 56.3 Å². The van der Waals surface area contributed by atoms with Gasteiger partial charge in [0.05, 0.1) is 5.69 Å². The molecule has 1 saturated heterocycles.